The first-order valence-corrected chi connectivity index (χ1v) is 9.26. The van der Waals surface area contributed by atoms with E-state index in [9.17, 15) is 9.90 Å². The monoisotopic (exact) mass is 348 g/mol. The fourth-order valence-corrected chi connectivity index (χ4v) is 3.70. The summed E-state index contributed by atoms with van der Waals surface area (Å²) in [6, 6.07) is 3.09. The maximum Gasteiger partial charge on any atom is 0.337 e. The number of carbonyl (C=O) groups is 1. The van der Waals surface area contributed by atoms with Crippen LogP contribution in [0.1, 0.15) is 49.4 Å². The Morgan fingerprint density at radius 2 is 2.12 bits per heavy atom. The summed E-state index contributed by atoms with van der Waals surface area (Å²) in [5.41, 5.74) is 6.19. The molecule has 1 aromatic rings. The Bertz CT molecular complexity index is 612. The van der Waals surface area contributed by atoms with Crippen LogP contribution in [0.4, 0.5) is 5.69 Å². The molecule has 0 bridgehead atoms. The zero-order valence-corrected chi connectivity index (χ0v) is 14.9. The predicted molar refractivity (Wildman–Crippen MR) is 96.4 cm³/mol. The van der Waals surface area contributed by atoms with Gasteiger partial charge in [0.05, 0.1) is 11.3 Å². The number of unbranched alkanes of at least 4 members (excludes halogenated alkanes) is 1. The van der Waals surface area contributed by atoms with E-state index in [4.69, 9.17) is 15.2 Å². The molecular weight excluding hydrogens is 320 g/mol. The molecule has 0 radical (unpaired) electrons. The molecule has 1 saturated heterocycles. The summed E-state index contributed by atoms with van der Waals surface area (Å²) in [6.07, 6.45) is 5.74. The summed E-state index contributed by atoms with van der Waals surface area (Å²) in [7, 11) is 0. The van der Waals surface area contributed by atoms with E-state index >= 15 is 0 Å². The minimum absolute atomic E-state index is 0.0623. The number of nitrogen functional groups attached to an aromatic ring is 1. The van der Waals surface area contributed by atoms with Crippen LogP contribution >= 0.6 is 0 Å². The number of hydrogen-bond acceptors (Lipinski definition) is 5. The number of nitrogens with zero attached hydrogens (tertiary/aromatic N) is 1. The van der Waals surface area contributed by atoms with Gasteiger partial charge in [-0.15, -0.1) is 0 Å². The van der Waals surface area contributed by atoms with E-state index in [1.165, 1.54) is 38.3 Å². The van der Waals surface area contributed by atoms with E-state index in [0.717, 1.165) is 19.5 Å². The average molecular weight is 348 g/mol. The minimum atomic E-state index is -1.05. The van der Waals surface area contributed by atoms with Crippen molar-refractivity contribution in [3.8, 4) is 11.5 Å². The Kier molecular flexibility index (Phi) is 5.68. The lowest BCUT2D eigenvalue weighted by Gasteiger charge is -2.35. The average Bonchev–Trinajstić information content (AvgIpc) is 2.61. The highest BCUT2D eigenvalue weighted by Gasteiger charge is 2.29. The SMILES string of the molecule is CCCCN1CCC(CC2COc3ccc(C(=O)O)c(N)c3O2)CC1. The quantitative estimate of drug-likeness (QED) is 0.769. The third-order valence-corrected chi connectivity index (χ3v) is 5.23. The van der Waals surface area contributed by atoms with E-state index in [1.807, 2.05) is 0 Å². The van der Waals surface area contributed by atoms with Crippen molar-refractivity contribution in [2.45, 2.75) is 45.1 Å². The van der Waals surface area contributed by atoms with Crippen LogP contribution in [-0.2, 0) is 0 Å². The molecule has 1 aromatic carbocycles. The van der Waals surface area contributed by atoms with Gasteiger partial charge in [0, 0.05) is 0 Å². The van der Waals surface area contributed by atoms with E-state index in [0.29, 0.717) is 24.0 Å². The van der Waals surface area contributed by atoms with Gasteiger partial charge >= 0.3 is 5.97 Å². The number of piperidine rings is 1. The van der Waals surface area contributed by atoms with Crippen molar-refractivity contribution in [2.75, 3.05) is 32.0 Å². The zero-order valence-electron chi connectivity index (χ0n) is 14.9. The topological polar surface area (TPSA) is 85.0 Å². The van der Waals surface area contributed by atoms with Gasteiger partial charge < -0.3 is 25.2 Å². The van der Waals surface area contributed by atoms with Gasteiger partial charge in [-0.1, -0.05) is 13.3 Å². The summed E-state index contributed by atoms with van der Waals surface area (Å²) >= 11 is 0. The molecule has 1 unspecified atom stereocenters. The Balaban J connectivity index is 1.57. The molecule has 6 heteroatoms. The van der Waals surface area contributed by atoms with E-state index in [1.54, 1.807) is 6.07 Å². The van der Waals surface area contributed by atoms with Crippen molar-refractivity contribution in [2.24, 2.45) is 5.92 Å². The molecule has 3 rings (SSSR count). The van der Waals surface area contributed by atoms with Crippen LogP contribution in [0, 0.1) is 5.92 Å². The van der Waals surface area contributed by atoms with Crippen LogP contribution in [0.3, 0.4) is 0 Å². The Labute approximate surface area is 148 Å². The summed E-state index contributed by atoms with van der Waals surface area (Å²) in [5, 5.41) is 9.20. The predicted octanol–water partition coefficient (Wildman–Crippen LogP) is 3.01. The molecule has 1 fully saturated rings. The molecule has 0 spiro atoms. The number of rotatable bonds is 6. The second-order valence-corrected chi connectivity index (χ2v) is 7.08. The van der Waals surface area contributed by atoms with Gasteiger partial charge in [-0.05, 0) is 63.4 Å². The fraction of sp³-hybridized carbons (Fsp3) is 0.632. The Morgan fingerprint density at radius 1 is 1.36 bits per heavy atom. The van der Waals surface area contributed by atoms with Crippen molar-refractivity contribution in [3.05, 3.63) is 17.7 Å². The van der Waals surface area contributed by atoms with Crippen LogP contribution in [-0.4, -0.2) is 48.3 Å². The van der Waals surface area contributed by atoms with Crippen LogP contribution in [0.25, 0.3) is 0 Å². The molecule has 2 aliphatic heterocycles. The Morgan fingerprint density at radius 3 is 2.80 bits per heavy atom. The lowest BCUT2D eigenvalue weighted by Crippen LogP contribution is -2.38. The first-order valence-electron chi connectivity index (χ1n) is 9.26. The van der Waals surface area contributed by atoms with Crippen LogP contribution in [0.2, 0.25) is 0 Å². The molecular formula is C19H28N2O4. The lowest BCUT2D eigenvalue weighted by molar-refractivity contribution is 0.0590. The van der Waals surface area contributed by atoms with Crippen LogP contribution in [0.5, 0.6) is 11.5 Å². The summed E-state index contributed by atoms with van der Waals surface area (Å²) in [6.45, 7) is 6.23. The van der Waals surface area contributed by atoms with Crippen LogP contribution in [0.15, 0.2) is 12.1 Å². The molecule has 0 saturated carbocycles. The fourth-order valence-electron chi connectivity index (χ4n) is 3.70. The largest absolute Gasteiger partial charge is 0.486 e. The minimum Gasteiger partial charge on any atom is -0.486 e. The molecule has 0 aromatic heterocycles. The van der Waals surface area contributed by atoms with E-state index < -0.39 is 5.97 Å². The van der Waals surface area contributed by atoms with Gasteiger partial charge in [0.2, 0.25) is 0 Å². The van der Waals surface area contributed by atoms with E-state index in [-0.39, 0.29) is 17.4 Å². The molecule has 0 aliphatic carbocycles. The highest BCUT2D eigenvalue weighted by molar-refractivity contribution is 5.96. The van der Waals surface area contributed by atoms with Gasteiger partial charge in [0.1, 0.15) is 12.7 Å². The maximum atomic E-state index is 11.2. The molecule has 138 valence electrons. The molecule has 2 heterocycles. The van der Waals surface area contributed by atoms with Gasteiger partial charge in [-0.2, -0.15) is 0 Å². The number of anilines is 1. The van der Waals surface area contributed by atoms with Gasteiger partial charge in [0.25, 0.3) is 0 Å². The molecule has 1 atom stereocenters. The van der Waals surface area contributed by atoms with Gasteiger partial charge in [-0.3, -0.25) is 0 Å². The normalized spacial score (nSPS) is 21.2. The molecule has 0 amide bonds. The second-order valence-electron chi connectivity index (χ2n) is 7.08. The third kappa shape index (κ3) is 4.18. The Hall–Kier alpha value is -1.95. The summed E-state index contributed by atoms with van der Waals surface area (Å²) < 4.78 is 11.8. The van der Waals surface area contributed by atoms with Crippen molar-refractivity contribution in [3.63, 3.8) is 0 Å². The van der Waals surface area contributed by atoms with Crippen molar-refractivity contribution < 1.29 is 19.4 Å². The number of likely N-dealkylation sites (tertiary alicyclic amines) is 1. The number of carboxylic acids is 1. The van der Waals surface area contributed by atoms with Gasteiger partial charge in [0.15, 0.2) is 11.5 Å². The van der Waals surface area contributed by atoms with Crippen molar-refractivity contribution in [1.82, 2.24) is 4.90 Å². The molecule has 25 heavy (non-hydrogen) atoms. The highest BCUT2D eigenvalue weighted by Crippen LogP contribution is 2.40. The standard InChI is InChI=1S/C19H28N2O4/c1-2-3-8-21-9-6-13(7-10-21)11-14-12-24-16-5-4-15(19(22)23)17(20)18(16)25-14/h4-5,13-14H,2-3,6-12,20H2,1H3,(H,22,23). The smallest absolute Gasteiger partial charge is 0.337 e. The number of fused-ring (bicyclic) bond motifs is 1. The number of hydrogen-bond donors (Lipinski definition) is 2. The highest BCUT2D eigenvalue weighted by atomic mass is 16.6. The van der Waals surface area contributed by atoms with Crippen LogP contribution < -0.4 is 15.2 Å². The summed E-state index contributed by atoms with van der Waals surface area (Å²) in [4.78, 5) is 13.8. The maximum absolute atomic E-state index is 11.2. The number of ether oxygens (including phenoxy) is 2. The lowest BCUT2D eigenvalue weighted by atomic mass is 9.91. The van der Waals surface area contributed by atoms with Crippen molar-refractivity contribution >= 4 is 11.7 Å². The number of aromatic carboxylic acids is 1. The van der Waals surface area contributed by atoms with Gasteiger partial charge in [-0.25, -0.2) is 4.79 Å². The molecule has 6 nitrogen and oxygen atoms in total. The number of nitrogens with two attached hydrogens (primary N) is 1. The number of carboxylic acid groups (broad SMARTS) is 1. The zero-order chi connectivity index (χ0) is 17.8. The first kappa shape index (κ1) is 17.9. The number of benzene rings is 1. The molecule has 2 aliphatic rings. The first-order chi connectivity index (χ1) is 12.1. The van der Waals surface area contributed by atoms with Crippen molar-refractivity contribution in [1.29, 1.82) is 0 Å². The summed E-state index contributed by atoms with van der Waals surface area (Å²) in [5.74, 6) is 0.493. The second kappa shape index (κ2) is 7.95. The van der Waals surface area contributed by atoms with E-state index in [2.05, 4.69) is 11.8 Å². The molecule has 3 N–H and O–H groups in total. The third-order valence-electron chi connectivity index (χ3n) is 5.23.